The highest BCUT2D eigenvalue weighted by molar-refractivity contribution is 5.41. The highest BCUT2D eigenvalue weighted by Crippen LogP contribution is 2.14. The summed E-state index contributed by atoms with van der Waals surface area (Å²) in [6.07, 6.45) is 7.30. The summed E-state index contributed by atoms with van der Waals surface area (Å²) in [7, 11) is 0. The second-order valence-electron chi connectivity index (χ2n) is 2.82. The van der Waals surface area contributed by atoms with Gasteiger partial charge in [-0.2, -0.15) is 0 Å². The number of benzene rings is 1. The molecule has 0 atom stereocenters. The molecule has 0 aromatic heterocycles. The van der Waals surface area contributed by atoms with Gasteiger partial charge in [-0.25, -0.2) is 0 Å². The quantitative estimate of drug-likeness (QED) is 0.691. The minimum Gasteiger partial charge on any atom is -0.399 e. The number of hydrogen-bond donors (Lipinski definition) is 2. The second-order valence-corrected chi connectivity index (χ2v) is 2.82. The molecule has 4 nitrogen and oxygen atoms in total. The molecule has 3 N–H and O–H groups in total. The molecule has 1 aromatic rings. The van der Waals surface area contributed by atoms with Gasteiger partial charge in [0.25, 0.3) is 0 Å². The van der Waals surface area contributed by atoms with E-state index in [-0.39, 0.29) is 0 Å². The summed E-state index contributed by atoms with van der Waals surface area (Å²) < 4.78 is 0. The van der Waals surface area contributed by atoms with Gasteiger partial charge in [-0.05, 0) is 36.4 Å². The first kappa shape index (κ1) is 8.50. The van der Waals surface area contributed by atoms with E-state index in [2.05, 4.69) is 5.43 Å². The van der Waals surface area contributed by atoms with Crippen molar-refractivity contribution in [1.29, 1.82) is 0 Å². The lowest BCUT2D eigenvalue weighted by Gasteiger charge is -2.21. The highest BCUT2D eigenvalue weighted by atomic mass is 16.7. The van der Waals surface area contributed by atoms with Crippen molar-refractivity contribution in [2.75, 3.05) is 5.73 Å². The average molecular weight is 189 g/mol. The summed E-state index contributed by atoms with van der Waals surface area (Å²) in [4.78, 5) is 5.44. The molecule has 0 amide bonds. The first-order valence-electron chi connectivity index (χ1n) is 4.27. The fourth-order valence-corrected chi connectivity index (χ4v) is 1.04. The number of anilines is 1. The molecule has 1 aliphatic heterocycles. The Morgan fingerprint density at radius 3 is 2.57 bits per heavy atom. The molecule has 0 saturated carbocycles. The molecule has 0 radical (unpaired) electrons. The number of hydrazine groups is 1. The monoisotopic (exact) mass is 189 g/mol. The number of nitrogens with one attached hydrogen (secondary N) is 1. The smallest absolute Gasteiger partial charge is 0.157 e. The largest absolute Gasteiger partial charge is 0.399 e. The van der Waals surface area contributed by atoms with Crippen LogP contribution in [-0.2, 0) is 0 Å². The van der Waals surface area contributed by atoms with Crippen molar-refractivity contribution >= 4 is 5.69 Å². The molecule has 1 aliphatic rings. The zero-order valence-electron chi connectivity index (χ0n) is 7.55. The standard InChI is InChI=1S/C10H11N3O/c11-9-3-5-10(6-4-9)14-13-8-2-1-7-12-13/h1-8,12H,11H2. The molecule has 0 aliphatic carbocycles. The highest BCUT2D eigenvalue weighted by Gasteiger charge is 2.00. The summed E-state index contributed by atoms with van der Waals surface area (Å²) in [6.45, 7) is 0. The van der Waals surface area contributed by atoms with Gasteiger partial charge in [0.05, 0.1) is 6.20 Å². The molecular weight excluding hydrogens is 178 g/mol. The van der Waals surface area contributed by atoms with Crippen molar-refractivity contribution in [2.24, 2.45) is 0 Å². The molecule has 0 spiro atoms. The third-order valence-corrected chi connectivity index (χ3v) is 1.71. The fourth-order valence-electron chi connectivity index (χ4n) is 1.04. The van der Waals surface area contributed by atoms with Gasteiger partial charge in [0.15, 0.2) is 5.75 Å². The number of nitrogen functional groups attached to an aromatic ring is 1. The maximum Gasteiger partial charge on any atom is 0.157 e. The Hall–Kier alpha value is -2.10. The predicted molar refractivity (Wildman–Crippen MR) is 54.7 cm³/mol. The van der Waals surface area contributed by atoms with E-state index >= 15 is 0 Å². The Kier molecular flexibility index (Phi) is 2.27. The van der Waals surface area contributed by atoms with Crippen molar-refractivity contribution in [3.63, 3.8) is 0 Å². The van der Waals surface area contributed by atoms with Crippen LogP contribution in [0.1, 0.15) is 0 Å². The zero-order chi connectivity index (χ0) is 9.80. The Morgan fingerprint density at radius 1 is 1.14 bits per heavy atom. The molecule has 1 aromatic carbocycles. The molecule has 0 bridgehead atoms. The van der Waals surface area contributed by atoms with Crippen molar-refractivity contribution in [3.05, 3.63) is 48.8 Å². The van der Waals surface area contributed by atoms with Gasteiger partial charge in [-0.1, -0.05) is 0 Å². The van der Waals surface area contributed by atoms with Crippen LogP contribution in [-0.4, -0.2) is 5.17 Å². The summed E-state index contributed by atoms with van der Waals surface area (Å²) in [5.41, 5.74) is 9.17. The van der Waals surface area contributed by atoms with E-state index in [9.17, 15) is 0 Å². The SMILES string of the molecule is Nc1ccc(ON2C=CC=CN2)cc1. The van der Waals surface area contributed by atoms with Gasteiger partial charge in [0.2, 0.25) is 0 Å². The predicted octanol–water partition coefficient (Wildman–Crippen LogP) is 1.41. The van der Waals surface area contributed by atoms with Gasteiger partial charge < -0.3 is 10.6 Å². The topological polar surface area (TPSA) is 50.5 Å². The van der Waals surface area contributed by atoms with Gasteiger partial charge in [-0.15, -0.1) is 5.17 Å². The van der Waals surface area contributed by atoms with Crippen LogP contribution in [0.2, 0.25) is 0 Å². The first-order valence-corrected chi connectivity index (χ1v) is 4.27. The van der Waals surface area contributed by atoms with Crippen molar-refractivity contribution in [1.82, 2.24) is 10.6 Å². The lowest BCUT2D eigenvalue weighted by Crippen LogP contribution is -2.33. The van der Waals surface area contributed by atoms with Gasteiger partial charge in [0.1, 0.15) is 0 Å². The third kappa shape index (κ3) is 1.98. The summed E-state index contributed by atoms with van der Waals surface area (Å²) in [5.74, 6) is 0.728. The van der Waals surface area contributed by atoms with Crippen LogP contribution in [0.25, 0.3) is 0 Å². The lowest BCUT2D eigenvalue weighted by molar-refractivity contribution is -0.0432. The van der Waals surface area contributed by atoms with Crippen LogP contribution in [0.15, 0.2) is 48.8 Å². The minimum absolute atomic E-state index is 0.722. The van der Waals surface area contributed by atoms with Crippen LogP contribution in [0.3, 0.4) is 0 Å². The van der Waals surface area contributed by atoms with Crippen LogP contribution < -0.4 is 16.0 Å². The zero-order valence-corrected chi connectivity index (χ0v) is 7.55. The fraction of sp³-hybridized carbons (Fsp3) is 0. The van der Waals surface area contributed by atoms with Gasteiger partial charge in [0, 0.05) is 11.9 Å². The molecule has 0 fully saturated rings. The molecular formula is C10H11N3O. The molecule has 1 heterocycles. The molecule has 14 heavy (non-hydrogen) atoms. The molecule has 4 heteroatoms. The van der Waals surface area contributed by atoms with Gasteiger partial charge in [-0.3, -0.25) is 5.43 Å². The summed E-state index contributed by atoms with van der Waals surface area (Å²) in [6, 6.07) is 7.20. The van der Waals surface area contributed by atoms with Crippen molar-refractivity contribution in [3.8, 4) is 5.75 Å². The van der Waals surface area contributed by atoms with E-state index in [1.165, 1.54) is 5.17 Å². The number of hydroxylamine groups is 1. The second kappa shape index (κ2) is 3.74. The van der Waals surface area contributed by atoms with E-state index in [1.807, 2.05) is 24.3 Å². The Balaban J connectivity index is 2.00. The van der Waals surface area contributed by atoms with Crippen LogP contribution in [0, 0.1) is 0 Å². The molecule has 0 unspecified atom stereocenters. The normalized spacial score (nSPS) is 13.9. The van der Waals surface area contributed by atoms with Gasteiger partial charge >= 0.3 is 0 Å². The third-order valence-electron chi connectivity index (χ3n) is 1.71. The van der Waals surface area contributed by atoms with Crippen LogP contribution in [0.5, 0.6) is 5.75 Å². The Bertz CT molecular complexity index is 356. The number of rotatable bonds is 2. The minimum atomic E-state index is 0.722. The molecule has 0 saturated heterocycles. The van der Waals surface area contributed by atoms with E-state index in [0.29, 0.717) is 0 Å². The Morgan fingerprint density at radius 2 is 1.93 bits per heavy atom. The van der Waals surface area contributed by atoms with E-state index in [4.69, 9.17) is 10.6 Å². The van der Waals surface area contributed by atoms with E-state index in [0.717, 1.165) is 11.4 Å². The lowest BCUT2D eigenvalue weighted by atomic mass is 10.3. The van der Waals surface area contributed by atoms with E-state index < -0.39 is 0 Å². The van der Waals surface area contributed by atoms with E-state index in [1.54, 1.807) is 24.5 Å². The first-order chi connectivity index (χ1) is 6.84. The van der Waals surface area contributed by atoms with Crippen molar-refractivity contribution in [2.45, 2.75) is 0 Å². The van der Waals surface area contributed by atoms with Crippen LogP contribution >= 0.6 is 0 Å². The maximum absolute atomic E-state index is 5.55. The number of hydrogen-bond acceptors (Lipinski definition) is 4. The number of nitrogens with zero attached hydrogens (tertiary/aromatic N) is 1. The molecule has 72 valence electrons. The summed E-state index contributed by atoms with van der Waals surface area (Å²) >= 11 is 0. The average Bonchev–Trinajstić information content (AvgIpc) is 2.23. The Labute approximate surface area is 82.2 Å². The van der Waals surface area contributed by atoms with Crippen molar-refractivity contribution < 1.29 is 4.84 Å². The molecule has 2 rings (SSSR count). The number of allylic oxidation sites excluding steroid dienone is 2. The number of nitrogens with two attached hydrogens (primary N) is 1. The summed E-state index contributed by atoms with van der Waals surface area (Å²) in [5, 5.41) is 1.51. The maximum atomic E-state index is 5.55. The van der Waals surface area contributed by atoms with Crippen LogP contribution in [0.4, 0.5) is 5.69 Å².